The van der Waals surface area contributed by atoms with Crippen LogP contribution in [0.15, 0.2) is 0 Å². The summed E-state index contributed by atoms with van der Waals surface area (Å²) in [5.74, 6) is 0.681. The Morgan fingerprint density at radius 2 is 2.13 bits per heavy atom. The first kappa shape index (κ1) is 12.4. The molecule has 1 aliphatic heterocycles. The fourth-order valence-electron chi connectivity index (χ4n) is 1.85. The number of hydrogen-bond donors (Lipinski definition) is 2. The molecule has 0 amide bonds. The van der Waals surface area contributed by atoms with E-state index in [1.807, 2.05) is 6.92 Å². The van der Waals surface area contributed by atoms with Gasteiger partial charge in [0.1, 0.15) is 0 Å². The van der Waals surface area contributed by atoms with Gasteiger partial charge in [0.2, 0.25) is 0 Å². The third-order valence-electron chi connectivity index (χ3n) is 2.73. The Balaban J connectivity index is 2.54. The van der Waals surface area contributed by atoms with E-state index in [4.69, 9.17) is 11.1 Å². The van der Waals surface area contributed by atoms with Crippen molar-refractivity contribution in [3.05, 3.63) is 0 Å². The fourth-order valence-corrected chi connectivity index (χ4v) is 3.13. The molecule has 0 aromatic heterocycles. The molecule has 1 unspecified atom stereocenters. The van der Waals surface area contributed by atoms with Gasteiger partial charge in [-0.15, -0.1) is 0 Å². The number of nitrogens with two attached hydrogens (primary N) is 1. The highest BCUT2D eigenvalue weighted by molar-refractivity contribution is 7.91. The third-order valence-corrected chi connectivity index (χ3v) is 4.44. The number of nitrogens with one attached hydrogen (secondary N) is 1. The first-order valence-electron chi connectivity index (χ1n) is 5.18. The molecule has 1 saturated heterocycles. The van der Waals surface area contributed by atoms with Crippen LogP contribution in [0.5, 0.6) is 0 Å². The standard InChI is InChI=1S/C9H19N3O2S/c1-8(7-9(10)11)12-3-2-5-15(13,14)6-4-12/h8H,2-7H2,1H3,(H3,10,11). The molecule has 5 nitrogen and oxygen atoms in total. The molecular weight excluding hydrogens is 214 g/mol. The van der Waals surface area contributed by atoms with E-state index in [1.165, 1.54) is 0 Å². The van der Waals surface area contributed by atoms with Gasteiger partial charge in [-0.05, 0) is 19.9 Å². The van der Waals surface area contributed by atoms with Crippen LogP contribution in [0.3, 0.4) is 0 Å². The molecule has 1 rings (SSSR count). The summed E-state index contributed by atoms with van der Waals surface area (Å²) in [5.41, 5.74) is 5.33. The van der Waals surface area contributed by atoms with Crippen LogP contribution in [0.2, 0.25) is 0 Å². The van der Waals surface area contributed by atoms with Gasteiger partial charge in [-0.1, -0.05) is 0 Å². The first-order valence-corrected chi connectivity index (χ1v) is 7.00. The number of sulfone groups is 1. The van der Waals surface area contributed by atoms with Gasteiger partial charge in [-0.3, -0.25) is 10.3 Å². The molecule has 88 valence electrons. The number of hydrogen-bond acceptors (Lipinski definition) is 4. The van der Waals surface area contributed by atoms with Crippen LogP contribution < -0.4 is 5.73 Å². The molecule has 0 bridgehead atoms. The van der Waals surface area contributed by atoms with E-state index < -0.39 is 9.84 Å². The van der Waals surface area contributed by atoms with Gasteiger partial charge >= 0.3 is 0 Å². The largest absolute Gasteiger partial charge is 0.388 e. The lowest BCUT2D eigenvalue weighted by molar-refractivity contribution is 0.229. The summed E-state index contributed by atoms with van der Waals surface area (Å²) in [6.45, 7) is 3.34. The van der Waals surface area contributed by atoms with Crippen LogP contribution in [0.25, 0.3) is 0 Å². The zero-order valence-corrected chi connectivity index (χ0v) is 9.89. The van der Waals surface area contributed by atoms with Gasteiger partial charge in [0.15, 0.2) is 9.84 Å². The van der Waals surface area contributed by atoms with Crippen molar-refractivity contribution in [3.63, 3.8) is 0 Å². The Bertz CT molecular complexity index is 326. The molecule has 3 N–H and O–H groups in total. The van der Waals surface area contributed by atoms with Crippen molar-refractivity contribution >= 4 is 15.7 Å². The summed E-state index contributed by atoms with van der Waals surface area (Å²) in [6, 6.07) is 0.163. The summed E-state index contributed by atoms with van der Waals surface area (Å²) in [4.78, 5) is 2.10. The summed E-state index contributed by atoms with van der Waals surface area (Å²) in [5, 5.41) is 7.21. The van der Waals surface area contributed by atoms with Crippen LogP contribution in [0.1, 0.15) is 19.8 Å². The lowest BCUT2D eigenvalue weighted by atomic mass is 10.2. The van der Waals surface area contributed by atoms with Crippen molar-refractivity contribution in [2.45, 2.75) is 25.8 Å². The van der Waals surface area contributed by atoms with Gasteiger partial charge < -0.3 is 5.73 Å². The molecule has 1 fully saturated rings. The minimum atomic E-state index is -2.84. The zero-order valence-electron chi connectivity index (χ0n) is 9.07. The predicted octanol–water partition coefficient (Wildman–Crippen LogP) is -0.179. The Hall–Kier alpha value is -0.620. The van der Waals surface area contributed by atoms with E-state index in [-0.39, 0.29) is 23.4 Å². The third kappa shape index (κ3) is 4.17. The van der Waals surface area contributed by atoms with Crippen molar-refractivity contribution in [1.82, 2.24) is 4.90 Å². The highest BCUT2D eigenvalue weighted by Gasteiger charge is 2.22. The van der Waals surface area contributed by atoms with E-state index in [9.17, 15) is 8.42 Å². The molecule has 1 heterocycles. The quantitative estimate of drug-likeness (QED) is 0.523. The topological polar surface area (TPSA) is 87.2 Å². The highest BCUT2D eigenvalue weighted by atomic mass is 32.2. The minimum absolute atomic E-state index is 0.162. The lowest BCUT2D eigenvalue weighted by Crippen LogP contribution is -2.37. The van der Waals surface area contributed by atoms with Crippen LogP contribution in [-0.2, 0) is 9.84 Å². The average Bonchev–Trinajstić information content (AvgIpc) is 2.25. The van der Waals surface area contributed by atoms with Crippen molar-refractivity contribution in [2.75, 3.05) is 24.6 Å². The van der Waals surface area contributed by atoms with Gasteiger partial charge in [0.25, 0.3) is 0 Å². The molecule has 0 aromatic carbocycles. The molecule has 0 spiro atoms. The van der Waals surface area contributed by atoms with Crippen molar-refractivity contribution < 1.29 is 8.42 Å². The van der Waals surface area contributed by atoms with Crippen LogP contribution >= 0.6 is 0 Å². The second-order valence-corrected chi connectivity index (χ2v) is 6.42. The molecule has 0 saturated carbocycles. The molecule has 0 aromatic rings. The van der Waals surface area contributed by atoms with E-state index in [1.54, 1.807) is 0 Å². The Labute approximate surface area is 91.1 Å². The molecule has 0 aliphatic carbocycles. The SMILES string of the molecule is CC(CC(=N)N)N1CCCS(=O)(=O)CC1. The first-order chi connectivity index (χ1) is 6.91. The molecule has 1 aliphatic rings. The maximum Gasteiger partial charge on any atom is 0.151 e. The zero-order chi connectivity index (χ0) is 11.5. The Morgan fingerprint density at radius 1 is 1.47 bits per heavy atom. The highest BCUT2D eigenvalue weighted by Crippen LogP contribution is 2.10. The monoisotopic (exact) mass is 233 g/mol. The maximum atomic E-state index is 11.4. The van der Waals surface area contributed by atoms with E-state index in [2.05, 4.69) is 4.90 Å². The normalized spacial score (nSPS) is 24.3. The van der Waals surface area contributed by atoms with Gasteiger partial charge in [-0.25, -0.2) is 8.42 Å². The number of nitrogens with zero attached hydrogens (tertiary/aromatic N) is 1. The molecule has 6 heteroatoms. The second-order valence-electron chi connectivity index (χ2n) is 4.12. The fraction of sp³-hybridized carbons (Fsp3) is 0.889. The molecule has 1 atom stereocenters. The van der Waals surface area contributed by atoms with Crippen LogP contribution in [-0.4, -0.2) is 49.8 Å². The summed E-state index contributed by atoms with van der Waals surface area (Å²) in [7, 11) is -2.84. The Kier molecular flexibility index (Phi) is 4.10. The summed E-state index contributed by atoms with van der Waals surface area (Å²) in [6.07, 6.45) is 1.20. The lowest BCUT2D eigenvalue weighted by Gasteiger charge is -2.26. The van der Waals surface area contributed by atoms with Gasteiger partial charge in [0, 0.05) is 19.0 Å². The van der Waals surface area contributed by atoms with E-state index in [0.29, 0.717) is 19.4 Å². The van der Waals surface area contributed by atoms with Crippen LogP contribution in [0.4, 0.5) is 0 Å². The minimum Gasteiger partial charge on any atom is -0.388 e. The van der Waals surface area contributed by atoms with E-state index >= 15 is 0 Å². The van der Waals surface area contributed by atoms with E-state index in [0.717, 1.165) is 6.54 Å². The van der Waals surface area contributed by atoms with Crippen LogP contribution in [0, 0.1) is 5.41 Å². The number of amidine groups is 1. The smallest absolute Gasteiger partial charge is 0.151 e. The summed E-state index contributed by atoms with van der Waals surface area (Å²) < 4.78 is 22.7. The molecule has 0 radical (unpaired) electrons. The van der Waals surface area contributed by atoms with Gasteiger partial charge in [0.05, 0.1) is 17.3 Å². The number of rotatable bonds is 3. The molecular formula is C9H19N3O2S. The maximum absolute atomic E-state index is 11.4. The summed E-state index contributed by atoms with van der Waals surface area (Å²) >= 11 is 0. The van der Waals surface area contributed by atoms with Gasteiger partial charge in [-0.2, -0.15) is 0 Å². The van der Waals surface area contributed by atoms with Crippen molar-refractivity contribution in [2.24, 2.45) is 5.73 Å². The Morgan fingerprint density at radius 3 is 2.73 bits per heavy atom. The average molecular weight is 233 g/mol. The molecule has 15 heavy (non-hydrogen) atoms. The van der Waals surface area contributed by atoms with Crippen molar-refractivity contribution in [3.8, 4) is 0 Å². The second kappa shape index (κ2) is 4.94. The van der Waals surface area contributed by atoms with Crippen molar-refractivity contribution in [1.29, 1.82) is 5.41 Å². The predicted molar refractivity (Wildman–Crippen MR) is 60.8 cm³/mol.